The molecule has 0 spiro atoms. The third-order valence-corrected chi connectivity index (χ3v) is 5.95. The third-order valence-electron chi connectivity index (χ3n) is 5.95. The van der Waals surface area contributed by atoms with Gasteiger partial charge in [0, 0.05) is 32.3 Å². The zero-order valence-corrected chi connectivity index (χ0v) is 18.2. The number of aromatic amines is 1. The molecule has 1 aromatic heterocycles. The summed E-state index contributed by atoms with van der Waals surface area (Å²) in [6.07, 6.45) is 1.80. The van der Waals surface area contributed by atoms with Gasteiger partial charge in [-0.1, -0.05) is 18.2 Å². The van der Waals surface area contributed by atoms with Gasteiger partial charge >= 0.3 is 0 Å². The standard InChI is InChI=1S/C24H26N6O3/c25-13-20(29-24(31)17-3-1-2-16-6-9-33-22(16)17)21(26)23-27-18-5-4-15(12-19(18)28-23)14-30-7-10-32-11-8-30/h1-5,12-13,25H,6-11,14,26H2,(H,27,28)(H,29,31). The molecule has 3 heterocycles. The lowest BCUT2D eigenvalue weighted by Gasteiger charge is -2.26. The molecular weight excluding hydrogens is 420 g/mol. The SMILES string of the molecule is N=CC(NC(=O)c1cccc2c1OCC2)=C(N)c1nc2ccc(CN3CCOCC3)cc2[nH]1. The Morgan fingerprint density at radius 2 is 2.09 bits per heavy atom. The molecule has 0 radical (unpaired) electrons. The Morgan fingerprint density at radius 1 is 1.24 bits per heavy atom. The van der Waals surface area contributed by atoms with Gasteiger partial charge in [-0.3, -0.25) is 9.69 Å². The second kappa shape index (κ2) is 9.05. The summed E-state index contributed by atoms with van der Waals surface area (Å²) in [5, 5.41) is 10.5. The van der Waals surface area contributed by atoms with E-state index >= 15 is 0 Å². The van der Waals surface area contributed by atoms with E-state index in [1.165, 1.54) is 5.56 Å². The summed E-state index contributed by atoms with van der Waals surface area (Å²) in [4.78, 5) is 23.0. The van der Waals surface area contributed by atoms with Crippen LogP contribution in [0.1, 0.15) is 27.3 Å². The summed E-state index contributed by atoms with van der Waals surface area (Å²) in [7, 11) is 0. The zero-order valence-electron chi connectivity index (χ0n) is 18.2. The number of carbonyl (C=O) groups excluding carboxylic acids is 1. The molecular formula is C24H26N6O3. The molecule has 1 fully saturated rings. The number of rotatable bonds is 6. The van der Waals surface area contributed by atoms with E-state index in [9.17, 15) is 4.79 Å². The maximum Gasteiger partial charge on any atom is 0.259 e. The Bertz CT molecular complexity index is 1240. The van der Waals surface area contributed by atoms with E-state index in [0.717, 1.165) is 62.1 Å². The minimum atomic E-state index is -0.376. The number of carbonyl (C=O) groups is 1. The van der Waals surface area contributed by atoms with Gasteiger partial charge in [0.25, 0.3) is 5.91 Å². The number of morpholine rings is 1. The fourth-order valence-corrected chi connectivity index (χ4v) is 4.19. The first-order valence-corrected chi connectivity index (χ1v) is 11.0. The molecule has 2 aliphatic rings. The quantitative estimate of drug-likeness (QED) is 0.429. The van der Waals surface area contributed by atoms with E-state index in [4.69, 9.17) is 20.6 Å². The highest BCUT2D eigenvalue weighted by Gasteiger charge is 2.22. The summed E-state index contributed by atoms with van der Waals surface area (Å²) >= 11 is 0. The van der Waals surface area contributed by atoms with Crippen LogP contribution in [0.25, 0.3) is 16.7 Å². The topological polar surface area (TPSA) is 129 Å². The number of nitrogens with zero attached hydrogens (tertiary/aromatic N) is 2. The minimum Gasteiger partial charge on any atom is -0.492 e. The molecule has 9 nitrogen and oxygen atoms in total. The van der Waals surface area contributed by atoms with E-state index in [1.54, 1.807) is 6.07 Å². The second-order valence-electron chi connectivity index (χ2n) is 8.14. The Kier molecular flexibility index (Phi) is 5.80. The molecule has 33 heavy (non-hydrogen) atoms. The number of H-pyrrole nitrogens is 1. The highest BCUT2D eigenvalue weighted by molar-refractivity contribution is 6.03. The molecule has 1 amide bonds. The van der Waals surface area contributed by atoms with Crippen molar-refractivity contribution in [2.24, 2.45) is 5.73 Å². The minimum absolute atomic E-state index is 0.170. The molecule has 0 unspecified atom stereocenters. The number of hydrogen-bond donors (Lipinski definition) is 4. The summed E-state index contributed by atoms with van der Waals surface area (Å²) in [5.41, 5.74) is 10.9. The van der Waals surface area contributed by atoms with Crippen LogP contribution in [0.3, 0.4) is 0 Å². The number of nitrogens with one attached hydrogen (secondary N) is 3. The average molecular weight is 447 g/mol. The van der Waals surface area contributed by atoms with Crippen LogP contribution in [-0.4, -0.2) is 59.9 Å². The number of ether oxygens (including phenoxy) is 2. The molecule has 1 saturated heterocycles. The van der Waals surface area contributed by atoms with Crippen molar-refractivity contribution in [2.45, 2.75) is 13.0 Å². The summed E-state index contributed by atoms with van der Waals surface area (Å²) in [6.45, 7) is 4.74. The van der Waals surface area contributed by atoms with Crippen LogP contribution in [0.15, 0.2) is 42.1 Å². The van der Waals surface area contributed by atoms with Crippen LogP contribution in [0, 0.1) is 5.41 Å². The number of imidazole rings is 1. The van der Waals surface area contributed by atoms with E-state index in [2.05, 4.69) is 32.3 Å². The van der Waals surface area contributed by atoms with Crippen LogP contribution in [0.4, 0.5) is 0 Å². The molecule has 2 aliphatic heterocycles. The number of allylic oxidation sites excluding steroid dienone is 1. The molecule has 5 rings (SSSR count). The van der Waals surface area contributed by atoms with E-state index in [-0.39, 0.29) is 17.3 Å². The van der Waals surface area contributed by atoms with Crippen molar-refractivity contribution in [2.75, 3.05) is 32.9 Å². The molecule has 170 valence electrons. The Hall–Kier alpha value is -3.69. The summed E-state index contributed by atoms with van der Waals surface area (Å²) in [6, 6.07) is 11.5. The van der Waals surface area contributed by atoms with Crippen LogP contribution >= 0.6 is 0 Å². The summed E-state index contributed by atoms with van der Waals surface area (Å²) < 4.78 is 11.0. The molecule has 0 atom stereocenters. The van der Waals surface area contributed by atoms with Crippen molar-refractivity contribution in [3.8, 4) is 5.75 Å². The summed E-state index contributed by atoms with van der Waals surface area (Å²) in [5.74, 6) is 0.621. The molecule has 0 aliphatic carbocycles. The van der Waals surface area contributed by atoms with Gasteiger partial charge < -0.3 is 30.9 Å². The van der Waals surface area contributed by atoms with Crippen LogP contribution in [0.5, 0.6) is 5.75 Å². The molecule has 5 N–H and O–H groups in total. The average Bonchev–Trinajstić information content (AvgIpc) is 3.49. The number of amides is 1. The molecule has 2 aromatic carbocycles. The predicted octanol–water partition coefficient (Wildman–Crippen LogP) is 2.04. The zero-order chi connectivity index (χ0) is 22.8. The van der Waals surface area contributed by atoms with Crippen molar-refractivity contribution in [1.82, 2.24) is 20.2 Å². The maximum absolute atomic E-state index is 12.9. The monoisotopic (exact) mass is 446 g/mol. The lowest BCUT2D eigenvalue weighted by molar-refractivity contribution is 0.0342. The van der Waals surface area contributed by atoms with Gasteiger partial charge in [0.1, 0.15) is 11.4 Å². The van der Waals surface area contributed by atoms with Crippen molar-refractivity contribution < 1.29 is 14.3 Å². The van der Waals surface area contributed by atoms with Gasteiger partial charge in [-0.15, -0.1) is 0 Å². The normalized spacial score (nSPS) is 16.7. The van der Waals surface area contributed by atoms with E-state index < -0.39 is 0 Å². The Labute approximate surface area is 191 Å². The van der Waals surface area contributed by atoms with Crippen LogP contribution < -0.4 is 15.8 Å². The van der Waals surface area contributed by atoms with Crippen LogP contribution in [0.2, 0.25) is 0 Å². The number of nitrogens with two attached hydrogens (primary N) is 1. The van der Waals surface area contributed by atoms with Gasteiger partial charge in [0.2, 0.25) is 0 Å². The largest absolute Gasteiger partial charge is 0.492 e. The third kappa shape index (κ3) is 4.33. The first-order valence-electron chi connectivity index (χ1n) is 11.0. The smallest absolute Gasteiger partial charge is 0.259 e. The van der Waals surface area contributed by atoms with Crippen molar-refractivity contribution in [1.29, 1.82) is 5.41 Å². The van der Waals surface area contributed by atoms with Gasteiger partial charge in [0.05, 0.1) is 42.1 Å². The van der Waals surface area contributed by atoms with Crippen molar-refractivity contribution in [3.63, 3.8) is 0 Å². The number of hydrogen-bond acceptors (Lipinski definition) is 7. The molecule has 9 heteroatoms. The number of aromatic nitrogens is 2. The highest BCUT2D eigenvalue weighted by atomic mass is 16.5. The van der Waals surface area contributed by atoms with E-state index in [0.29, 0.717) is 23.7 Å². The maximum atomic E-state index is 12.9. The van der Waals surface area contributed by atoms with E-state index in [1.807, 2.05) is 18.2 Å². The lowest BCUT2D eigenvalue weighted by atomic mass is 10.1. The highest BCUT2D eigenvalue weighted by Crippen LogP contribution is 2.29. The lowest BCUT2D eigenvalue weighted by Crippen LogP contribution is -2.35. The van der Waals surface area contributed by atoms with Gasteiger partial charge in [-0.2, -0.15) is 0 Å². The number of benzene rings is 2. The van der Waals surface area contributed by atoms with Crippen molar-refractivity contribution >= 4 is 28.9 Å². The first kappa shape index (κ1) is 21.2. The fraction of sp³-hybridized carbons (Fsp3) is 0.292. The molecule has 0 saturated carbocycles. The van der Waals surface area contributed by atoms with Gasteiger partial charge in [-0.05, 0) is 29.3 Å². The predicted molar refractivity (Wildman–Crippen MR) is 125 cm³/mol. The molecule has 0 bridgehead atoms. The fourth-order valence-electron chi connectivity index (χ4n) is 4.19. The van der Waals surface area contributed by atoms with Gasteiger partial charge in [0.15, 0.2) is 5.82 Å². The second-order valence-corrected chi connectivity index (χ2v) is 8.14. The van der Waals surface area contributed by atoms with Crippen LogP contribution in [-0.2, 0) is 17.7 Å². The number of para-hydroxylation sites is 1. The first-order chi connectivity index (χ1) is 16.1. The Morgan fingerprint density at radius 3 is 2.91 bits per heavy atom. The molecule has 3 aromatic rings. The Balaban J connectivity index is 1.38. The number of fused-ring (bicyclic) bond motifs is 2. The van der Waals surface area contributed by atoms with Gasteiger partial charge in [-0.25, -0.2) is 4.98 Å². The van der Waals surface area contributed by atoms with Crippen molar-refractivity contribution in [3.05, 3.63) is 64.6 Å².